The van der Waals surface area contributed by atoms with Crippen molar-refractivity contribution >= 4 is 11.0 Å². The third-order valence-corrected chi connectivity index (χ3v) is 6.57. The van der Waals surface area contributed by atoms with Crippen LogP contribution < -0.4 is 4.74 Å². The first-order valence-electron chi connectivity index (χ1n) is 12.0. The molecule has 0 aliphatic carbocycles. The first-order chi connectivity index (χ1) is 15.0. The van der Waals surface area contributed by atoms with Gasteiger partial charge in [-0.1, -0.05) is 38.1 Å². The Labute approximate surface area is 187 Å². The summed E-state index contributed by atoms with van der Waals surface area (Å²) >= 11 is 0. The molecule has 1 aliphatic rings. The molecule has 0 radical (unpaired) electrons. The zero-order valence-corrected chi connectivity index (χ0v) is 19.6. The summed E-state index contributed by atoms with van der Waals surface area (Å²) in [5.41, 5.74) is 4.92. The number of aromatic nitrogens is 2. The Bertz CT molecular complexity index is 1000. The predicted molar refractivity (Wildman–Crippen MR) is 129 cm³/mol. The number of benzene rings is 2. The number of fused-ring (bicyclic) bond motifs is 1. The molecule has 4 heteroatoms. The first kappa shape index (κ1) is 21.9. The van der Waals surface area contributed by atoms with E-state index in [1.54, 1.807) is 0 Å². The van der Waals surface area contributed by atoms with E-state index in [4.69, 9.17) is 9.72 Å². The van der Waals surface area contributed by atoms with Gasteiger partial charge in [-0.25, -0.2) is 4.98 Å². The first-order valence-corrected chi connectivity index (χ1v) is 12.0. The number of para-hydroxylation sites is 2. The molecule has 2 heterocycles. The van der Waals surface area contributed by atoms with Crippen molar-refractivity contribution in [3.05, 3.63) is 59.4 Å². The minimum absolute atomic E-state index is 0.368. The lowest BCUT2D eigenvalue weighted by Gasteiger charge is -2.24. The number of ether oxygens (including phenoxy) is 1. The van der Waals surface area contributed by atoms with Gasteiger partial charge < -0.3 is 9.30 Å². The van der Waals surface area contributed by atoms with Crippen molar-refractivity contribution < 1.29 is 4.74 Å². The Hall–Kier alpha value is -2.33. The second-order valence-electron chi connectivity index (χ2n) is 9.28. The van der Waals surface area contributed by atoms with Crippen molar-refractivity contribution in [2.24, 2.45) is 0 Å². The highest BCUT2D eigenvalue weighted by Gasteiger charge is 2.24. The van der Waals surface area contributed by atoms with Crippen LogP contribution in [0.2, 0.25) is 0 Å². The van der Waals surface area contributed by atoms with Crippen LogP contribution in [0, 0.1) is 6.92 Å². The minimum atomic E-state index is 0.368. The van der Waals surface area contributed by atoms with E-state index in [2.05, 4.69) is 79.6 Å². The Balaban J connectivity index is 1.41. The average molecular weight is 420 g/mol. The SMILES string of the molecule is Cc1ccc(C(C)C)c(OCCCCn2c(C(C)N3CCCC3)nc3ccccc32)c1. The van der Waals surface area contributed by atoms with Gasteiger partial charge in [0.2, 0.25) is 0 Å². The second-order valence-corrected chi connectivity index (χ2v) is 9.28. The molecule has 2 aromatic carbocycles. The van der Waals surface area contributed by atoms with Gasteiger partial charge in [0.25, 0.3) is 0 Å². The predicted octanol–water partition coefficient (Wildman–Crippen LogP) is 6.48. The fourth-order valence-electron chi connectivity index (χ4n) is 4.74. The van der Waals surface area contributed by atoms with Gasteiger partial charge in [-0.15, -0.1) is 0 Å². The Morgan fingerprint density at radius 1 is 1.00 bits per heavy atom. The van der Waals surface area contributed by atoms with E-state index in [-0.39, 0.29) is 0 Å². The molecule has 1 aromatic heterocycles. The molecular formula is C27H37N3O. The van der Waals surface area contributed by atoms with E-state index in [1.807, 2.05) is 0 Å². The summed E-state index contributed by atoms with van der Waals surface area (Å²) < 4.78 is 8.66. The van der Waals surface area contributed by atoms with Crippen LogP contribution in [-0.4, -0.2) is 34.1 Å². The number of imidazole rings is 1. The van der Waals surface area contributed by atoms with Gasteiger partial charge in [-0.2, -0.15) is 0 Å². The molecule has 0 N–H and O–H groups in total. The van der Waals surface area contributed by atoms with Crippen molar-refractivity contribution in [3.8, 4) is 5.75 Å². The third-order valence-electron chi connectivity index (χ3n) is 6.57. The lowest BCUT2D eigenvalue weighted by Crippen LogP contribution is -2.26. The maximum Gasteiger partial charge on any atom is 0.127 e. The van der Waals surface area contributed by atoms with Crippen LogP contribution in [-0.2, 0) is 6.54 Å². The van der Waals surface area contributed by atoms with Gasteiger partial charge in [-0.3, -0.25) is 4.90 Å². The van der Waals surface area contributed by atoms with Gasteiger partial charge in [0, 0.05) is 6.54 Å². The maximum absolute atomic E-state index is 6.21. The highest BCUT2D eigenvalue weighted by molar-refractivity contribution is 5.76. The standard InChI is InChI=1S/C27H37N3O/c1-20(2)23-14-13-21(3)19-26(23)31-18-10-9-17-30-25-12-6-5-11-24(25)28-27(30)22(4)29-15-7-8-16-29/h5-6,11-14,19-20,22H,7-10,15-18H2,1-4H3. The molecule has 4 rings (SSSR count). The number of unbranched alkanes of at least 4 members (excludes halogenated alkanes) is 1. The van der Waals surface area contributed by atoms with Crippen LogP contribution in [0.25, 0.3) is 11.0 Å². The number of hydrogen-bond acceptors (Lipinski definition) is 3. The lowest BCUT2D eigenvalue weighted by molar-refractivity contribution is 0.247. The van der Waals surface area contributed by atoms with E-state index in [9.17, 15) is 0 Å². The van der Waals surface area contributed by atoms with Crippen LogP contribution in [0.4, 0.5) is 0 Å². The second kappa shape index (κ2) is 9.86. The summed E-state index contributed by atoms with van der Waals surface area (Å²) in [7, 11) is 0. The van der Waals surface area contributed by atoms with Crippen LogP contribution in [0.1, 0.15) is 75.4 Å². The number of rotatable bonds is 9. The van der Waals surface area contributed by atoms with E-state index in [1.165, 1.54) is 48.4 Å². The third kappa shape index (κ3) is 4.95. The molecule has 0 amide bonds. The van der Waals surface area contributed by atoms with Gasteiger partial charge in [-0.05, 0) is 87.9 Å². The Kier molecular flexibility index (Phi) is 6.96. The molecule has 1 aliphatic heterocycles. The molecular weight excluding hydrogens is 382 g/mol. The van der Waals surface area contributed by atoms with Crippen molar-refractivity contribution in [2.45, 2.75) is 71.9 Å². The fourth-order valence-corrected chi connectivity index (χ4v) is 4.74. The number of hydrogen-bond donors (Lipinski definition) is 0. The van der Waals surface area contributed by atoms with Crippen LogP contribution in [0.5, 0.6) is 5.75 Å². The topological polar surface area (TPSA) is 30.3 Å². The summed E-state index contributed by atoms with van der Waals surface area (Å²) in [5.74, 6) is 2.73. The molecule has 1 saturated heterocycles. The molecule has 31 heavy (non-hydrogen) atoms. The lowest BCUT2D eigenvalue weighted by atomic mass is 10.0. The number of aryl methyl sites for hydroxylation is 2. The van der Waals surface area contributed by atoms with E-state index < -0.39 is 0 Å². The van der Waals surface area contributed by atoms with Gasteiger partial charge in [0.05, 0.1) is 23.7 Å². The van der Waals surface area contributed by atoms with E-state index >= 15 is 0 Å². The van der Waals surface area contributed by atoms with E-state index in [0.29, 0.717) is 12.0 Å². The number of nitrogens with zero attached hydrogens (tertiary/aromatic N) is 3. The molecule has 1 unspecified atom stereocenters. The van der Waals surface area contributed by atoms with Crippen LogP contribution >= 0.6 is 0 Å². The summed E-state index contributed by atoms with van der Waals surface area (Å²) in [4.78, 5) is 7.61. The molecule has 3 aromatic rings. The van der Waals surface area contributed by atoms with Gasteiger partial charge in [0.1, 0.15) is 11.6 Å². The molecule has 1 atom stereocenters. The summed E-state index contributed by atoms with van der Waals surface area (Å²) in [6.07, 6.45) is 4.73. The van der Waals surface area contributed by atoms with Crippen LogP contribution in [0.15, 0.2) is 42.5 Å². The smallest absolute Gasteiger partial charge is 0.127 e. The quantitative estimate of drug-likeness (QED) is 0.372. The maximum atomic E-state index is 6.21. The summed E-state index contributed by atoms with van der Waals surface area (Å²) in [6.45, 7) is 13.0. The minimum Gasteiger partial charge on any atom is -0.493 e. The monoisotopic (exact) mass is 419 g/mol. The summed E-state index contributed by atoms with van der Waals surface area (Å²) in [6, 6.07) is 15.5. The number of likely N-dealkylation sites (tertiary alicyclic amines) is 1. The van der Waals surface area contributed by atoms with Crippen molar-refractivity contribution in [2.75, 3.05) is 19.7 Å². The van der Waals surface area contributed by atoms with Crippen molar-refractivity contribution in [1.82, 2.24) is 14.5 Å². The van der Waals surface area contributed by atoms with Crippen molar-refractivity contribution in [1.29, 1.82) is 0 Å². The zero-order chi connectivity index (χ0) is 21.8. The van der Waals surface area contributed by atoms with E-state index in [0.717, 1.165) is 37.3 Å². The highest BCUT2D eigenvalue weighted by Crippen LogP contribution is 2.29. The molecule has 0 saturated carbocycles. The van der Waals surface area contributed by atoms with Gasteiger partial charge in [0.15, 0.2) is 0 Å². The summed E-state index contributed by atoms with van der Waals surface area (Å²) in [5, 5.41) is 0. The molecule has 166 valence electrons. The molecule has 0 bridgehead atoms. The van der Waals surface area contributed by atoms with Gasteiger partial charge >= 0.3 is 0 Å². The Morgan fingerprint density at radius 3 is 2.55 bits per heavy atom. The average Bonchev–Trinajstić information content (AvgIpc) is 3.41. The molecule has 1 fully saturated rings. The zero-order valence-electron chi connectivity index (χ0n) is 19.6. The highest BCUT2D eigenvalue weighted by atomic mass is 16.5. The molecule has 4 nitrogen and oxygen atoms in total. The van der Waals surface area contributed by atoms with Crippen molar-refractivity contribution in [3.63, 3.8) is 0 Å². The fraction of sp³-hybridized carbons (Fsp3) is 0.519. The van der Waals surface area contributed by atoms with Crippen LogP contribution in [0.3, 0.4) is 0 Å². The normalized spacial score (nSPS) is 15.8. The molecule has 0 spiro atoms. The largest absolute Gasteiger partial charge is 0.493 e. The Morgan fingerprint density at radius 2 is 1.77 bits per heavy atom.